The van der Waals surface area contributed by atoms with E-state index in [4.69, 9.17) is 14.5 Å². The van der Waals surface area contributed by atoms with E-state index in [1.807, 2.05) is 44.2 Å². The number of unbranched alkanes of at least 4 members (excludes halogenated alkanes) is 10. The summed E-state index contributed by atoms with van der Waals surface area (Å²) in [5, 5.41) is 6.41. The summed E-state index contributed by atoms with van der Waals surface area (Å²) >= 11 is 2.28. The second-order valence-corrected chi connectivity index (χ2v) is 18.9. The fourth-order valence-electron chi connectivity index (χ4n) is 7.76. The van der Waals surface area contributed by atoms with Gasteiger partial charge in [0.15, 0.2) is 11.4 Å². The van der Waals surface area contributed by atoms with E-state index in [1.54, 1.807) is 37.2 Å². The molecule has 0 fully saturated rings. The van der Waals surface area contributed by atoms with Crippen LogP contribution in [0.15, 0.2) is 97.2 Å². The minimum Gasteiger partial charge on any atom is -0.390 e. The Balaban J connectivity index is 1.62. The quantitative estimate of drug-likeness (QED) is 0.00913. The molecule has 0 unspecified atom stereocenters. The zero-order chi connectivity index (χ0) is 53.3. The number of nitrogens with zero attached hydrogens (tertiary/aromatic N) is 5. The maximum atomic E-state index is 14.2. The van der Waals surface area contributed by atoms with Crippen molar-refractivity contribution >= 4 is 40.5 Å². The average molecular weight is 1120 g/mol. The number of benzene rings is 2. The van der Waals surface area contributed by atoms with Crippen molar-refractivity contribution in [2.24, 2.45) is 0 Å². The van der Waals surface area contributed by atoms with Crippen molar-refractivity contribution in [1.29, 1.82) is 0 Å². The van der Waals surface area contributed by atoms with Gasteiger partial charge in [0.25, 0.3) is 0 Å². The van der Waals surface area contributed by atoms with Gasteiger partial charge in [-0.1, -0.05) is 175 Å². The van der Waals surface area contributed by atoms with Gasteiger partial charge < -0.3 is 10.6 Å². The molecule has 0 atom stereocenters. The number of likely N-dealkylation sites (N-methyl/N-ethyl adjacent to an activating group) is 2. The van der Waals surface area contributed by atoms with Crippen LogP contribution in [0.1, 0.15) is 170 Å². The number of aryl methyl sites for hydroxylation is 2. The molecule has 4 rings (SSSR count). The number of carbonyl (C=O) groups is 3. The summed E-state index contributed by atoms with van der Waals surface area (Å²) in [5.41, 5.74) is 6.74. The van der Waals surface area contributed by atoms with Crippen LogP contribution in [0.25, 0.3) is 0 Å². The lowest BCUT2D eigenvalue weighted by Crippen LogP contribution is -2.38. The Hall–Kier alpha value is -5.88. The van der Waals surface area contributed by atoms with Gasteiger partial charge in [-0.3, -0.25) is 24.3 Å². The smallest absolute Gasteiger partial charge is 0.382 e. The van der Waals surface area contributed by atoms with E-state index in [0.29, 0.717) is 53.2 Å². The highest BCUT2D eigenvalue weighted by atomic mass is 127. The molecular formula is C60H78IN7O6. The van der Waals surface area contributed by atoms with Crippen LogP contribution in [0.2, 0.25) is 0 Å². The number of alkyl halides is 1. The maximum Gasteiger partial charge on any atom is 0.382 e. The minimum atomic E-state index is -1.07. The maximum absolute atomic E-state index is 14.2. The Labute approximate surface area is 455 Å². The summed E-state index contributed by atoms with van der Waals surface area (Å²) in [6.45, 7) is 14.4. The van der Waals surface area contributed by atoms with E-state index in [1.165, 1.54) is 87.5 Å². The number of nitrogens with one attached hydrogen (secondary N) is 2. The molecule has 0 bridgehead atoms. The van der Waals surface area contributed by atoms with E-state index in [-0.39, 0.29) is 23.3 Å². The van der Waals surface area contributed by atoms with Crippen LogP contribution < -0.4 is 10.6 Å². The summed E-state index contributed by atoms with van der Waals surface area (Å²) in [6, 6.07) is 23.1. The van der Waals surface area contributed by atoms with Crippen LogP contribution in [-0.2, 0) is 45.2 Å². The van der Waals surface area contributed by atoms with Crippen LogP contribution in [0.4, 0.5) is 0 Å². The first-order valence-electron chi connectivity index (χ1n) is 26.4. The van der Waals surface area contributed by atoms with Gasteiger partial charge in [-0.25, -0.2) is 24.4 Å². The molecule has 13 nitrogen and oxygen atoms in total. The Kier molecular flexibility index (Phi) is 29.0. The Morgan fingerprint density at radius 2 is 1.14 bits per heavy atom. The molecule has 0 saturated heterocycles. The molecule has 0 amide bonds. The third-order valence-corrected chi connectivity index (χ3v) is 12.9. The number of halogens is 1. The van der Waals surface area contributed by atoms with Gasteiger partial charge in [0, 0.05) is 54.6 Å². The molecule has 2 heterocycles. The molecule has 0 radical (unpaired) electrons. The number of pyridine rings is 2. The minimum absolute atomic E-state index is 0.117. The fourth-order valence-corrected chi connectivity index (χ4v) is 8.48. The van der Waals surface area contributed by atoms with Crippen molar-refractivity contribution in [2.45, 2.75) is 131 Å². The molecule has 74 heavy (non-hydrogen) atoms. The number of hydrogen-bond acceptors (Lipinski definition) is 13. The lowest BCUT2D eigenvalue weighted by molar-refractivity contribution is -0.454. The van der Waals surface area contributed by atoms with Gasteiger partial charge in [-0.05, 0) is 112 Å². The van der Waals surface area contributed by atoms with Gasteiger partial charge in [0.1, 0.15) is 0 Å². The number of allylic oxidation sites excluding steroid dienone is 2. The van der Waals surface area contributed by atoms with Crippen molar-refractivity contribution in [1.82, 2.24) is 35.8 Å². The molecule has 0 spiro atoms. The van der Waals surface area contributed by atoms with E-state index in [0.717, 1.165) is 49.1 Å². The number of hydrogen-bond donors (Lipinski definition) is 2. The van der Waals surface area contributed by atoms with Crippen molar-refractivity contribution in [3.8, 4) is 23.7 Å². The van der Waals surface area contributed by atoms with Crippen molar-refractivity contribution in [2.75, 3.05) is 44.8 Å². The molecule has 396 valence electrons. The monoisotopic (exact) mass is 1120 g/mol. The Morgan fingerprint density at radius 1 is 0.649 bits per heavy atom. The van der Waals surface area contributed by atoms with Crippen molar-refractivity contribution < 1.29 is 28.9 Å². The van der Waals surface area contributed by atoms with Crippen LogP contribution in [0, 0.1) is 23.7 Å². The molecule has 2 aromatic carbocycles. The highest BCUT2D eigenvalue weighted by Gasteiger charge is 2.27. The first-order chi connectivity index (χ1) is 36.0. The predicted molar refractivity (Wildman–Crippen MR) is 303 cm³/mol. The van der Waals surface area contributed by atoms with E-state index in [2.05, 4.69) is 116 Å². The number of aromatic nitrogens is 2. The fraction of sp³-hybridized carbons (Fsp3) is 0.450. The lowest BCUT2D eigenvalue weighted by Gasteiger charge is -2.21. The Morgan fingerprint density at radius 3 is 1.61 bits per heavy atom. The topological polar surface area (TPSA) is 138 Å². The SMILES string of the molecule is C=C/C=C(/CN(C)CC(=O)ON(OC(=O)c1cc(C#Cc2ccc(CCCCCCCC)cc2)cc(CNCC)n1)OC(=O)c1cc(C#Cc2ccc(CCCCCCCC)cc2)cc(CN(CC)CI)n1)NC. The third kappa shape index (κ3) is 23.5. The first-order valence-corrected chi connectivity index (χ1v) is 27.9. The second kappa shape index (κ2) is 35.3. The Bertz CT molecular complexity index is 2520. The van der Waals surface area contributed by atoms with Crippen LogP contribution in [-0.4, -0.2) is 87.9 Å². The molecule has 2 aromatic heterocycles. The summed E-state index contributed by atoms with van der Waals surface area (Å²) in [5.74, 6) is 9.77. The van der Waals surface area contributed by atoms with Crippen LogP contribution in [0.5, 0.6) is 0 Å². The van der Waals surface area contributed by atoms with Gasteiger partial charge in [-0.15, -0.1) is 0 Å². The summed E-state index contributed by atoms with van der Waals surface area (Å²) in [6.07, 6.45) is 20.4. The first kappa shape index (κ1) is 60.7. The molecular weight excluding hydrogens is 1040 g/mol. The normalized spacial score (nSPS) is 11.2. The molecule has 14 heteroatoms. The number of carbonyl (C=O) groups excluding carboxylic acids is 3. The second-order valence-electron chi connectivity index (χ2n) is 18.2. The zero-order valence-electron chi connectivity index (χ0n) is 44.7. The van der Waals surface area contributed by atoms with E-state index < -0.39 is 17.9 Å². The molecule has 0 aliphatic heterocycles. The highest BCUT2D eigenvalue weighted by Crippen LogP contribution is 2.17. The van der Waals surface area contributed by atoms with E-state index >= 15 is 0 Å². The molecule has 0 aliphatic rings. The summed E-state index contributed by atoms with van der Waals surface area (Å²) < 4.78 is 0.716. The summed E-state index contributed by atoms with van der Waals surface area (Å²) in [4.78, 5) is 71.3. The third-order valence-electron chi connectivity index (χ3n) is 12.0. The van der Waals surface area contributed by atoms with Gasteiger partial charge in [-0.2, -0.15) is 0 Å². The van der Waals surface area contributed by atoms with Crippen molar-refractivity contribution in [3.63, 3.8) is 0 Å². The van der Waals surface area contributed by atoms with E-state index in [9.17, 15) is 14.4 Å². The molecule has 0 aliphatic carbocycles. The lowest BCUT2D eigenvalue weighted by atomic mass is 10.0. The van der Waals surface area contributed by atoms with Gasteiger partial charge in [0.2, 0.25) is 5.39 Å². The average Bonchev–Trinajstić information content (AvgIpc) is 3.40. The largest absolute Gasteiger partial charge is 0.390 e. The van der Waals surface area contributed by atoms with Crippen LogP contribution >= 0.6 is 22.6 Å². The van der Waals surface area contributed by atoms with Crippen LogP contribution in [0.3, 0.4) is 0 Å². The van der Waals surface area contributed by atoms with Gasteiger partial charge in [0.05, 0.1) is 22.5 Å². The molecule has 0 saturated carbocycles. The number of rotatable bonds is 32. The zero-order valence-corrected chi connectivity index (χ0v) is 46.9. The van der Waals surface area contributed by atoms with Crippen molar-refractivity contribution in [3.05, 3.63) is 153 Å². The molecule has 4 aromatic rings. The molecule has 2 N–H and O–H groups in total. The highest BCUT2D eigenvalue weighted by molar-refractivity contribution is 14.1. The van der Waals surface area contributed by atoms with Gasteiger partial charge >= 0.3 is 17.9 Å². The standard InChI is InChI=1S/C60H78IN7O6/c1-8-13-15-17-19-21-24-47-26-30-49(31-27-47)34-36-51-38-54(42-63-11-4)64-56(40-51)59(70)73-68(72-58(69)45-66(7)43-53(62-6)23-10-3)74-60(71)57-41-52(39-55(65-57)44-67(12-5)46-61)37-35-50-32-28-48(29-33-50)25-22-20-18-16-14-9-2/h10,23,26-33,38-41,62-63H,3,8-9,11-22,24-25,42-46H2,1-2,4-7H3/b53-23-. The predicted octanol–water partition coefficient (Wildman–Crippen LogP) is 11.2. The summed E-state index contributed by atoms with van der Waals surface area (Å²) in [7, 11) is 3.45.